The average molecular weight is 184 g/mol. The maximum Gasteiger partial charge on any atom is 0.226 e. The summed E-state index contributed by atoms with van der Waals surface area (Å²) in [6.07, 6.45) is 0.602. The Morgan fingerprint density at radius 2 is 2.38 bits per heavy atom. The highest BCUT2D eigenvalue weighted by atomic mass is 19.1. The predicted molar refractivity (Wildman–Crippen MR) is 45.5 cm³/mol. The standard InChI is InChI=1S/C9H13FN2O/c1-12(5-4-11)9(13)7-2-3-8(10)6-7/h7-8H,2-3,5-6H2,1H3. The highest BCUT2D eigenvalue weighted by Crippen LogP contribution is 2.28. The van der Waals surface area contributed by atoms with E-state index >= 15 is 0 Å². The zero-order chi connectivity index (χ0) is 9.84. The van der Waals surface area contributed by atoms with Gasteiger partial charge in [0.25, 0.3) is 0 Å². The van der Waals surface area contributed by atoms with E-state index in [4.69, 9.17) is 5.26 Å². The maximum atomic E-state index is 12.7. The van der Waals surface area contributed by atoms with Crippen LogP contribution in [0.5, 0.6) is 0 Å². The summed E-state index contributed by atoms with van der Waals surface area (Å²) in [4.78, 5) is 12.9. The van der Waals surface area contributed by atoms with Gasteiger partial charge in [-0.15, -0.1) is 0 Å². The van der Waals surface area contributed by atoms with Crippen LogP contribution in [0.3, 0.4) is 0 Å². The largest absolute Gasteiger partial charge is 0.332 e. The fourth-order valence-corrected chi connectivity index (χ4v) is 1.65. The van der Waals surface area contributed by atoms with Crippen molar-refractivity contribution in [1.29, 1.82) is 5.26 Å². The van der Waals surface area contributed by atoms with Crippen LogP contribution in [0.25, 0.3) is 0 Å². The quantitative estimate of drug-likeness (QED) is 0.603. The van der Waals surface area contributed by atoms with E-state index in [0.29, 0.717) is 19.3 Å². The lowest BCUT2D eigenvalue weighted by Crippen LogP contribution is -2.32. The molecular formula is C9H13FN2O. The summed E-state index contributed by atoms with van der Waals surface area (Å²) in [6, 6.07) is 1.89. The summed E-state index contributed by atoms with van der Waals surface area (Å²) >= 11 is 0. The molecule has 0 aromatic heterocycles. The predicted octanol–water partition coefficient (Wildman–Crippen LogP) is 1.11. The van der Waals surface area contributed by atoms with Crippen molar-refractivity contribution in [3.05, 3.63) is 0 Å². The fraction of sp³-hybridized carbons (Fsp3) is 0.778. The second kappa shape index (κ2) is 4.22. The first-order valence-electron chi connectivity index (χ1n) is 4.41. The number of alkyl halides is 1. The highest BCUT2D eigenvalue weighted by Gasteiger charge is 2.31. The van der Waals surface area contributed by atoms with Gasteiger partial charge in [-0.2, -0.15) is 5.26 Å². The van der Waals surface area contributed by atoms with Crippen LogP contribution in [0.15, 0.2) is 0 Å². The minimum Gasteiger partial charge on any atom is -0.332 e. The fourth-order valence-electron chi connectivity index (χ4n) is 1.65. The molecule has 0 heterocycles. The molecule has 1 aliphatic carbocycles. The van der Waals surface area contributed by atoms with E-state index in [9.17, 15) is 9.18 Å². The number of hydrogen-bond acceptors (Lipinski definition) is 2. The normalized spacial score (nSPS) is 26.8. The van der Waals surface area contributed by atoms with Crippen molar-refractivity contribution in [2.75, 3.05) is 13.6 Å². The van der Waals surface area contributed by atoms with Crippen molar-refractivity contribution in [3.63, 3.8) is 0 Å². The van der Waals surface area contributed by atoms with Gasteiger partial charge in [0.05, 0.1) is 6.07 Å². The van der Waals surface area contributed by atoms with Crippen molar-refractivity contribution in [3.8, 4) is 6.07 Å². The van der Waals surface area contributed by atoms with E-state index in [1.165, 1.54) is 4.90 Å². The van der Waals surface area contributed by atoms with Crippen molar-refractivity contribution >= 4 is 5.91 Å². The Bertz CT molecular complexity index is 236. The molecule has 0 radical (unpaired) electrons. The molecule has 0 aromatic carbocycles. The van der Waals surface area contributed by atoms with Crippen LogP contribution >= 0.6 is 0 Å². The lowest BCUT2D eigenvalue weighted by Gasteiger charge is -2.17. The average Bonchev–Trinajstić information content (AvgIpc) is 2.51. The molecule has 2 atom stereocenters. The molecule has 3 nitrogen and oxygen atoms in total. The number of nitriles is 1. The molecule has 1 amide bonds. The summed E-state index contributed by atoms with van der Waals surface area (Å²) in [5, 5.41) is 8.36. The van der Waals surface area contributed by atoms with E-state index < -0.39 is 6.17 Å². The SMILES string of the molecule is CN(CC#N)C(=O)C1CCC(F)C1. The highest BCUT2D eigenvalue weighted by molar-refractivity contribution is 5.79. The van der Waals surface area contributed by atoms with Gasteiger partial charge in [-0.25, -0.2) is 4.39 Å². The second-order valence-corrected chi connectivity index (χ2v) is 3.46. The van der Waals surface area contributed by atoms with Crippen molar-refractivity contribution in [1.82, 2.24) is 4.90 Å². The Morgan fingerprint density at radius 3 is 2.85 bits per heavy atom. The molecule has 0 spiro atoms. The number of carbonyl (C=O) groups is 1. The number of carbonyl (C=O) groups excluding carboxylic acids is 1. The van der Waals surface area contributed by atoms with E-state index in [1.54, 1.807) is 7.05 Å². The lowest BCUT2D eigenvalue weighted by molar-refractivity contribution is -0.133. The lowest BCUT2D eigenvalue weighted by atomic mass is 10.1. The van der Waals surface area contributed by atoms with Gasteiger partial charge in [0, 0.05) is 13.0 Å². The topological polar surface area (TPSA) is 44.1 Å². The molecular weight excluding hydrogens is 171 g/mol. The van der Waals surface area contributed by atoms with Gasteiger partial charge < -0.3 is 4.90 Å². The monoisotopic (exact) mass is 184 g/mol. The van der Waals surface area contributed by atoms with E-state index in [1.807, 2.05) is 6.07 Å². The first kappa shape index (κ1) is 9.97. The molecule has 0 saturated heterocycles. The van der Waals surface area contributed by atoms with Crippen molar-refractivity contribution < 1.29 is 9.18 Å². The molecule has 1 aliphatic rings. The molecule has 1 rings (SSSR count). The Labute approximate surface area is 77.1 Å². The molecule has 2 unspecified atom stereocenters. The van der Waals surface area contributed by atoms with Gasteiger partial charge in [-0.1, -0.05) is 0 Å². The van der Waals surface area contributed by atoms with Crippen molar-refractivity contribution in [2.45, 2.75) is 25.4 Å². The zero-order valence-corrected chi connectivity index (χ0v) is 7.66. The van der Waals surface area contributed by atoms with Gasteiger partial charge in [0.1, 0.15) is 12.7 Å². The molecule has 1 fully saturated rings. The summed E-state index contributed by atoms with van der Waals surface area (Å²) < 4.78 is 12.7. The van der Waals surface area contributed by atoms with Gasteiger partial charge in [0.15, 0.2) is 0 Å². The van der Waals surface area contributed by atoms with Crippen LogP contribution in [0.4, 0.5) is 4.39 Å². The van der Waals surface area contributed by atoms with Crippen LogP contribution in [-0.2, 0) is 4.79 Å². The summed E-state index contributed by atoms with van der Waals surface area (Å²) in [5.74, 6) is -0.296. The third kappa shape index (κ3) is 2.41. The Morgan fingerprint density at radius 1 is 1.69 bits per heavy atom. The number of hydrogen-bond donors (Lipinski definition) is 0. The minimum atomic E-state index is -0.829. The van der Waals surface area contributed by atoms with Crippen LogP contribution in [-0.4, -0.2) is 30.6 Å². The molecule has 4 heteroatoms. The van der Waals surface area contributed by atoms with Crippen molar-refractivity contribution in [2.24, 2.45) is 5.92 Å². The molecule has 72 valence electrons. The van der Waals surface area contributed by atoms with Crippen LogP contribution in [0.1, 0.15) is 19.3 Å². The number of halogens is 1. The molecule has 0 N–H and O–H groups in total. The molecule has 0 aliphatic heterocycles. The van der Waals surface area contributed by atoms with Gasteiger partial charge in [-0.05, 0) is 19.3 Å². The molecule has 0 aromatic rings. The molecule has 1 saturated carbocycles. The molecule has 13 heavy (non-hydrogen) atoms. The summed E-state index contributed by atoms with van der Waals surface area (Å²) in [7, 11) is 1.58. The smallest absolute Gasteiger partial charge is 0.226 e. The number of rotatable bonds is 2. The first-order valence-corrected chi connectivity index (χ1v) is 4.41. The van der Waals surface area contributed by atoms with Gasteiger partial charge in [-0.3, -0.25) is 4.79 Å². The Hall–Kier alpha value is -1.11. The van der Waals surface area contributed by atoms with Gasteiger partial charge >= 0.3 is 0 Å². The first-order chi connectivity index (χ1) is 6.15. The third-order valence-electron chi connectivity index (χ3n) is 2.40. The van der Waals surface area contributed by atoms with E-state index in [2.05, 4.69) is 0 Å². The Kier molecular flexibility index (Phi) is 3.24. The number of amides is 1. The van der Waals surface area contributed by atoms with E-state index in [-0.39, 0.29) is 18.4 Å². The third-order valence-corrected chi connectivity index (χ3v) is 2.40. The van der Waals surface area contributed by atoms with Gasteiger partial charge in [0.2, 0.25) is 5.91 Å². The minimum absolute atomic E-state index is 0.0896. The zero-order valence-electron chi connectivity index (χ0n) is 7.66. The summed E-state index contributed by atoms with van der Waals surface area (Å²) in [5.41, 5.74) is 0. The van der Waals surface area contributed by atoms with Crippen LogP contribution in [0.2, 0.25) is 0 Å². The van der Waals surface area contributed by atoms with Crippen LogP contribution in [0, 0.1) is 17.2 Å². The second-order valence-electron chi connectivity index (χ2n) is 3.46. The van der Waals surface area contributed by atoms with E-state index in [0.717, 1.165) is 0 Å². The Balaban J connectivity index is 2.44. The van der Waals surface area contributed by atoms with Crippen LogP contribution < -0.4 is 0 Å². The molecule has 0 bridgehead atoms. The summed E-state index contributed by atoms with van der Waals surface area (Å²) in [6.45, 7) is 0.0896. The maximum absolute atomic E-state index is 12.7. The number of nitrogens with zero attached hydrogens (tertiary/aromatic N) is 2.